The Bertz CT molecular complexity index is 1020. The van der Waals surface area contributed by atoms with E-state index in [-0.39, 0.29) is 10.5 Å². The van der Waals surface area contributed by atoms with Gasteiger partial charge in [-0.3, -0.25) is 0 Å². The summed E-state index contributed by atoms with van der Waals surface area (Å²) in [6, 6.07) is 10.2. The van der Waals surface area contributed by atoms with Crippen molar-refractivity contribution in [2.24, 2.45) is 5.41 Å². The maximum Gasteiger partial charge on any atom is 0.317 e. The summed E-state index contributed by atoms with van der Waals surface area (Å²) in [4.78, 5) is 12.1. The molecule has 2 radical (unpaired) electrons. The highest BCUT2D eigenvalue weighted by molar-refractivity contribution is 7.17. The minimum absolute atomic E-state index is 0.0819. The van der Waals surface area contributed by atoms with E-state index >= 15 is 0 Å². The van der Waals surface area contributed by atoms with Crippen LogP contribution in [0, 0.1) is 5.41 Å². The fourth-order valence-corrected chi connectivity index (χ4v) is 4.66. The highest BCUT2D eigenvalue weighted by atomic mass is 32.1. The van der Waals surface area contributed by atoms with Crippen molar-refractivity contribution in [3.63, 3.8) is 0 Å². The zero-order chi connectivity index (χ0) is 21.4. The number of thiophene rings is 1. The number of hydrogen-bond donors (Lipinski definition) is 0. The van der Waals surface area contributed by atoms with Crippen molar-refractivity contribution in [2.45, 2.75) is 39.7 Å². The maximum absolute atomic E-state index is 6.23. The Balaban J connectivity index is 1.63. The zero-order valence-corrected chi connectivity index (χ0v) is 20.2. The van der Waals surface area contributed by atoms with Crippen LogP contribution in [0.2, 0.25) is 5.04 Å². The lowest BCUT2D eigenvalue weighted by Gasteiger charge is -2.36. The molecule has 3 heterocycles. The van der Waals surface area contributed by atoms with Crippen LogP contribution in [0.3, 0.4) is 0 Å². The molecule has 1 fully saturated rings. The first-order chi connectivity index (χ1) is 14.2. The lowest BCUT2D eigenvalue weighted by atomic mass is 9.82. The van der Waals surface area contributed by atoms with Crippen molar-refractivity contribution < 1.29 is 9.16 Å². The number of aromatic nitrogens is 2. The van der Waals surface area contributed by atoms with E-state index in [4.69, 9.17) is 19.1 Å². The first-order valence-electron chi connectivity index (χ1n) is 10.4. The number of ether oxygens (including phenoxy) is 1. The molecule has 0 unspecified atom stereocenters. The molecule has 158 valence electrons. The van der Waals surface area contributed by atoms with E-state index in [1.165, 1.54) is 0 Å². The molecule has 1 aromatic carbocycles. The lowest BCUT2D eigenvalue weighted by molar-refractivity contribution is 0.122. The molecule has 1 aliphatic rings. The molecule has 0 N–H and O–H groups in total. The molecular formula is C23H29N3O2SSi. The molecule has 2 aromatic heterocycles. The highest BCUT2D eigenvalue weighted by Gasteiger charge is 2.35. The van der Waals surface area contributed by atoms with Crippen LogP contribution in [0.4, 0.5) is 5.82 Å². The van der Waals surface area contributed by atoms with E-state index in [0.29, 0.717) is 9.76 Å². The van der Waals surface area contributed by atoms with E-state index in [1.807, 2.05) is 12.1 Å². The summed E-state index contributed by atoms with van der Waals surface area (Å²) in [7, 11) is 0.371. The van der Waals surface area contributed by atoms with Crippen molar-refractivity contribution in [3.05, 3.63) is 35.7 Å². The van der Waals surface area contributed by atoms with E-state index in [9.17, 15) is 0 Å². The lowest BCUT2D eigenvalue weighted by Crippen LogP contribution is -2.36. The topological polar surface area (TPSA) is 47.5 Å². The second kappa shape index (κ2) is 8.28. The number of benzene rings is 1. The summed E-state index contributed by atoms with van der Waals surface area (Å²) in [6.07, 6.45) is 0. The van der Waals surface area contributed by atoms with Crippen LogP contribution in [0.5, 0.6) is 5.75 Å². The molecule has 0 saturated carbocycles. The molecule has 3 aromatic rings. The Kier molecular flexibility index (Phi) is 5.88. The normalized spacial score (nSPS) is 15.6. The first-order valence-corrected chi connectivity index (χ1v) is 12.2. The molecule has 0 spiro atoms. The van der Waals surface area contributed by atoms with Crippen LogP contribution in [-0.4, -0.2) is 46.0 Å². The molecule has 30 heavy (non-hydrogen) atoms. The Morgan fingerprint density at radius 2 is 1.83 bits per heavy atom. The summed E-state index contributed by atoms with van der Waals surface area (Å²) in [5.41, 5.74) is 2.14. The number of nitrogens with zero attached hydrogens (tertiary/aromatic N) is 3. The van der Waals surface area contributed by atoms with Crippen LogP contribution < -0.4 is 9.33 Å². The third-order valence-corrected chi connectivity index (χ3v) is 8.49. The van der Waals surface area contributed by atoms with E-state index in [2.05, 4.69) is 63.1 Å². The van der Waals surface area contributed by atoms with E-state index in [0.717, 1.165) is 59.5 Å². The van der Waals surface area contributed by atoms with Crippen molar-refractivity contribution in [2.75, 3.05) is 31.2 Å². The van der Waals surface area contributed by atoms with Gasteiger partial charge in [-0.1, -0.05) is 46.8 Å². The minimum Gasteiger partial charge on any atom is -0.540 e. The predicted octanol–water partition coefficient (Wildman–Crippen LogP) is 5.44. The van der Waals surface area contributed by atoms with Gasteiger partial charge in [-0.25, -0.2) is 9.97 Å². The van der Waals surface area contributed by atoms with Crippen molar-refractivity contribution in [3.8, 4) is 17.1 Å². The van der Waals surface area contributed by atoms with Crippen molar-refractivity contribution >= 4 is 37.1 Å². The van der Waals surface area contributed by atoms with Crippen LogP contribution in [0.25, 0.3) is 21.6 Å². The Labute approximate surface area is 185 Å². The molecule has 0 bridgehead atoms. The predicted molar refractivity (Wildman–Crippen MR) is 126 cm³/mol. The molecule has 7 heteroatoms. The monoisotopic (exact) mass is 439 g/mol. The van der Waals surface area contributed by atoms with Gasteiger partial charge in [0, 0.05) is 23.7 Å². The van der Waals surface area contributed by atoms with Gasteiger partial charge in [-0.2, -0.15) is 0 Å². The van der Waals surface area contributed by atoms with Gasteiger partial charge in [0.25, 0.3) is 0 Å². The molecule has 5 nitrogen and oxygen atoms in total. The van der Waals surface area contributed by atoms with Gasteiger partial charge < -0.3 is 14.1 Å². The van der Waals surface area contributed by atoms with Crippen LogP contribution in [0.15, 0.2) is 35.7 Å². The van der Waals surface area contributed by atoms with Gasteiger partial charge in [-0.05, 0) is 29.0 Å². The van der Waals surface area contributed by atoms with Crippen LogP contribution in [-0.2, 0) is 4.74 Å². The third kappa shape index (κ3) is 4.38. The SMILES string of the molecule is CC(C)(C)C(C)(C)[Si]Oc1cccc(-c2nc(N3CCOCC3)c3sccc3n2)c1. The fourth-order valence-electron chi connectivity index (χ4n) is 3.00. The van der Waals surface area contributed by atoms with Crippen molar-refractivity contribution in [1.29, 1.82) is 0 Å². The standard InChI is InChI=1S/C23H29N3O2SSi/c1-22(2,3)23(4,5)30-28-17-8-6-7-16(15-17)20-24-18-9-14-29-19(18)21(25-20)26-10-12-27-13-11-26/h6-9,14-15H,10-13H2,1-5H3. The van der Waals surface area contributed by atoms with Gasteiger partial charge in [0.2, 0.25) is 0 Å². The molecule has 0 atom stereocenters. The van der Waals surface area contributed by atoms with E-state index in [1.54, 1.807) is 11.3 Å². The summed E-state index contributed by atoms with van der Waals surface area (Å²) in [5.74, 6) is 2.62. The average Bonchev–Trinajstić information content (AvgIpc) is 3.20. The second-order valence-electron chi connectivity index (χ2n) is 9.21. The second-order valence-corrected chi connectivity index (χ2v) is 11.8. The van der Waals surface area contributed by atoms with Gasteiger partial charge in [-0.15, -0.1) is 11.3 Å². The van der Waals surface area contributed by atoms with Gasteiger partial charge in [0.1, 0.15) is 5.75 Å². The smallest absolute Gasteiger partial charge is 0.317 e. The van der Waals surface area contributed by atoms with Crippen molar-refractivity contribution in [1.82, 2.24) is 9.97 Å². The number of morpholine rings is 1. The number of anilines is 1. The largest absolute Gasteiger partial charge is 0.540 e. The Morgan fingerprint density at radius 1 is 1.07 bits per heavy atom. The maximum atomic E-state index is 6.23. The summed E-state index contributed by atoms with van der Waals surface area (Å²) >= 11 is 1.70. The summed E-state index contributed by atoms with van der Waals surface area (Å²) in [6.45, 7) is 14.5. The molecule has 4 rings (SSSR count). The van der Waals surface area contributed by atoms with Gasteiger partial charge in [0.15, 0.2) is 11.6 Å². The first kappa shape index (κ1) is 21.3. The Morgan fingerprint density at radius 3 is 2.57 bits per heavy atom. The molecule has 0 amide bonds. The quantitative estimate of drug-likeness (QED) is 0.496. The molecule has 0 aliphatic carbocycles. The summed E-state index contributed by atoms with van der Waals surface area (Å²) in [5, 5.41) is 2.17. The average molecular weight is 440 g/mol. The van der Waals surface area contributed by atoms with Gasteiger partial charge in [0.05, 0.1) is 23.4 Å². The third-order valence-electron chi connectivity index (χ3n) is 5.99. The molecular weight excluding hydrogens is 410 g/mol. The molecule has 1 saturated heterocycles. The van der Waals surface area contributed by atoms with Gasteiger partial charge >= 0.3 is 9.76 Å². The minimum atomic E-state index is 0.0819. The summed E-state index contributed by atoms with van der Waals surface area (Å²) < 4.78 is 12.9. The highest BCUT2D eigenvalue weighted by Crippen LogP contribution is 2.43. The molecule has 1 aliphatic heterocycles. The number of fused-ring (bicyclic) bond motifs is 1. The Hall–Kier alpha value is -1.96. The zero-order valence-electron chi connectivity index (χ0n) is 18.4. The van der Waals surface area contributed by atoms with E-state index < -0.39 is 0 Å². The number of hydrogen-bond acceptors (Lipinski definition) is 6. The fraction of sp³-hybridized carbons (Fsp3) is 0.478. The van der Waals surface area contributed by atoms with Crippen LogP contribution >= 0.6 is 11.3 Å². The van der Waals surface area contributed by atoms with Crippen LogP contribution in [0.1, 0.15) is 34.6 Å². The number of rotatable bonds is 5.